The molecule has 2 aromatic carbocycles. The van der Waals surface area contributed by atoms with Crippen molar-refractivity contribution in [3.63, 3.8) is 0 Å². The molecule has 2 aromatic rings. The van der Waals surface area contributed by atoms with Crippen LogP contribution < -0.4 is 4.74 Å². The number of benzene rings is 2. The molecule has 7 nitrogen and oxygen atoms in total. The van der Waals surface area contributed by atoms with Crippen molar-refractivity contribution in [2.24, 2.45) is 0 Å². The largest absolute Gasteiger partial charge is 0.507 e. The number of carbonyl (C=O) groups excluding carboxylic acids is 1. The summed E-state index contributed by atoms with van der Waals surface area (Å²) in [4.78, 5) is 13.3. The van der Waals surface area contributed by atoms with Crippen molar-refractivity contribution in [1.29, 1.82) is 0 Å². The molecule has 0 fully saturated rings. The van der Waals surface area contributed by atoms with Gasteiger partial charge in [-0.05, 0) is 36.2 Å². The Hall–Kier alpha value is -3.65. The Morgan fingerprint density at radius 3 is 2.54 bits per heavy atom. The van der Waals surface area contributed by atoms with Crippen LogP contribution in [0.15, 0.2) is 85.5 Å². The van der Waals surface area contributed by atoms with Gasteiger partial charge in [-0.2, -0.15) is 0 Å². The second-order valence-electron chi connectivity index (χ2n) is 7.92. The van der Waals surface area contributed by atoms with Gasteiger partial charge in [0.25, 0.3) is 0 Å². The average molecular weight is 509 g/mol. The van der Waals surface area contributed by atoms with Crippen LogP contribution in [0.2, 0.25) is 0 Å². The molecule has 0 radical (unpaired) electrons. The first-order chi connectivity index (χ1) is 18.0. The van der Waals surface area contributed by atoms with Crippen molar-refractivity contribution in [3.05, 3.63) is 102 Å². The van der Waals surface area contributed by atoms with Gasteiger partial charge in [-0.3, -0.25) is 0 Å². The first-order valence-corrected chi connectivity index (χ1v) is 12.0. The highest BCUT2D eigenvalue weighted by Gasteiger charge is 2.27. The molecular formula is C30H36O7. The van der Waals surface area contributed by atoms with E-state index in [4.69, 9.17) is 23.7 Å². The minimum atomic E-state index is -0.721. The fraction of sp³-hybridized carbons (Fsp3) is 0.300. The number of ether oxygens (including phenoxy) is 5. The number of hydrogen-bond donors (Lipinski definition) is 1. The lowest BCUT2D eigenvalue weighted by atomic mass is 10.0. The molecule has 0 aliphatic carbocycles. The highest BCUT2D eigenvalue weighted by molar-refractivity contribution is 5.96. The first kappa shape index (κ1) is 29.6. The number of hydrogen-bond acceptors (Lipinski definition) is 7. The van der Waals surface area contributed by atoms with E-state index in [1.807, 2.05) is 43.3 Å². The number of allylic oxidation sites excluding steroid dienone is 5. The van der Waals surface area contributed by atoms with Gasteiger partial charge in [0.15, 0.2) is 0 Å². The third-order valence-corrected chi connectivity index (χ3v) is 5.27. The van der Waals surface area contributed by atoms with Gasteiger partial charge >= 0.3 is 5.97 Å². The van der Waals surface area contributed by atoms with E-state index in [0.29, 0.717) is 25.2 Å². The molecule has 0 spiro atoms. The summed E-state index contributed by atoms with van der Waals surface area (Å²) in [5.41, 5.74) is 1.60. The van der Waals surface area contributed by atoms with E-state index in [2.05, 4.69) is 6.58 Å². The molecule has 0 amide bonds. The second-order valence-corrected chi connectivity index (χ2v) is 7.92. The molecule has 0 saturated carbocycles. The topological polar surface area (TPSA) is 83.5 Å². The molecular weight excluding hydrogens is 472 g/mol. The van der Waals surface area contributed by atoms with Gasteiger partial charge in [0.1, 0.15) is 36.1 Å². The molecule has 2 rings (SSSR count). The molecule has 0 bridgehead atoms. The lowest BCUT2D eigenvalue weighted by Gasteiger charge is -2.25. The predicted octanol–water partition coefficient (Wildman–Crippen LogP) is 5.85. The van der Waals surface area contributed by atoms with Crippen molar-refractivity contribution >= 4 is 12.0 Å². The van der Waals surface area contributed by atoms with Gasteiger partial charge < -0.3 is 28.8 Å². The van der Waals surface area contributed by atoms with E-state index in [0.717, 1.165) is 11.3 Å². The summed E-state index contributed by atoms with van der Waals surface area (Å²) < 4.78 is 27.8. The Kier molecular flexibility index (Phi) is 13.5. The Morgan fingerprint density at radius 1 is 1.08 bits per heavy atom. The van der Waals surface area contributed by atoms with Gasteiger partial charge in [0.05, 0.1) is 20.3 Å². The summed E-state index contributed by atoms with van der Waals surface area (Å²) in [6, 6.07) is 12.4. The lowest BCUT2D eigenvalue weighted by Crippen LogP contribution is -2.34. The van der Waals surface area contributed by atoms with Crippen LogP contribution in [0, 0.1) is 0 Å². The summed E-state index contributed by atoms with van der Waals surface area (Å²) in [7, 11) is 3.13. The summed E-state index contributed by atoms with van der Waals surface area (Å²) in [5, 5.41) is 10.5. The number of rotatable bonds is 16. The number of phenolic OH excluding ortho intramolecular Hbond substituents is 1. The molecule has 198 valence electrons. The van der Waals surface area contributed by atoms with Crippen LogP contribution in [0.4, 0.5) is 0 Å². The van der Waals surface area contributed by atoms with E-state index in [1.54, 1.807) is 49.6 Å². The minimum Gasteiger partial charge on any atom is -0.507 e. The van der Waals surface area contributed by atoms with E-state index in [9.17, 15) is 9.90 Å². The number of methoxy groups -OCH3 is 2. The van der Waals surface area contributed by atoms with Crippen LogP contribution >= 0.6 is 0 Å². The van der Waals surface area contributed by atoms with E-state index in [-0.39, 0.29) is 18.1 Å². The zero-order chi connectivity index (χ0) is 26.9. The van der Waals surface area contributed by atoms with Crippen LogP contribution in [0.25, 0.3) is 6.08 Å². The zero-order valence-corrected chi connectivity index (χ0v) is 21.7. The second kappa shape index (κ2) is 16.9. The predicted molar refractivity (Wildman–Crippen MR) is 145 cm³/mol. The van der Waals surface area contributed by atoms with Crippen molar-refractivity contribution < 1.29 is 33.6 Å². The van der Waals surface area contributed by atoms with E-state index in [1.165, 1.54) is 13.2 Å². The average Bonchev–Trinajstić information content (AvgIpc) is 2.91. The molecule has 0 heterocycles. The van der Waals surface area contributed by atoms with Crippen LogP contribution in [-0.4, -0.2) is 50.9 Å². The fourth-order valence-electron chi connectivity index (χ4n) is 3.41. The summed E-state index contributed by atoms with van der Waals surface area (Å²) in [6.07, 6.45) is 11.3. The maximum Gasteiger partial charge on any atom is 0.342 e. The van der Waals surface area contributed by atoms with Crippen LogP contribution in [0.3, 0.4) is 0 Å². The molecule has 0 aliphatic heterocycles. The van der Waals surface area contributed by atoms with Gasteiger partial charge in [-0.15, -0.1) is 0 Å². The van der Waals surface area contributed by atoms with Crippen molar-refractivity contribution in [3.8, 4) is 11.5 Å². The molecule has 0 aliphatic rings. The van der Waals surface area contributed by atoms with Crippen LogP contribution in [0.5, 0.6) is 11.5 Å². The third kappa shape index (κ3) is 10.1. The highest BCUT2D eigenvalue weighted by atomic mass is 16.7. The first-order valence-electron chi connectivity index (χ1n) is 12.0. The van der Waals surface area contributed by atoms with Gasteiger partial charge in [-0.25, -0.2) is 4.79 Å². The maximum atomic E-state index is 13.3. The van der Waals surface area contributed by atoms with Crippen molar-refractivity contribution in [1.82, 2.24) is 0 Å². The molecule has 1 N–H and O–H groups in total. The van der Waals surface area contributed by atoms with E-state index < -0.39 is 18.2 Å². The number of esters is 1. The Balaban J connectivity index is 2.20. The molecule has 37 heavy (non-hydrogen) atoms. The fourth-order valence-corrected chi connectivity index (χ4v) is 3.41. The Bertz CT molecular complexity index is 1050. The van der Waals surface area contributed by atoms with E-state index >= 15 is 0 Å². The molecule has 7 heteroatoms. The molecule has 0 unspecified atom stereocenters. The van der Waals surface area contributed by atoms with Crippen LogP contribution in [-0.2, 0) is 25.6 Å². The van der Waals surface area contributed by atoms with Crippen molar-refractivity contribution in [2.75, 3.05) is 27.6 Å². The lowest BCUT2D eigenvalue weighted by molar-refractivity contribution is -0.103. The third-order valence-electron chi connectivity index (χ3n) is 5.27. The van der Waals surface area contributed by atoms with Gasteiger partial charge in [-0.1, -0.05) is 73.4 Å². The summed E-state index contributed by atoms with van der Waals surface area (Å²) >= 11 is 0. The van der Waals surface area contributed by atoms with Gasteiger partial charge in [0.2, 0.25) is 0 Å². The summed E-state index contributed by atoms with van der Waals surface area (Å²) in [5.74, 6) is -0.0681. The monoisotopic (exact) mass is 508 g/mol. The summed E-state index contributed by atoms with van der Waals surface area (Å²) in [6.45, 7) is 6.27. The number of aromatic hydroxyl groups is 1. The Labute approximate surface area is 219 Å². The highest BCUT2D eigenvalue weighted by Crippen LogP contribution is 2.25. The number of carbonyl (C=O) groups is 1. The number of phenols is 1. The Morgan fingerprint density at radius 2 is 1.86 bits per heavy atom. The SMILES string of the molecule is C=C/C=C\[C@H](OCOC)[C@H](CCOCc1ccc(OC)cc1)OC(=O)c1c(O)cccc1/C=C/C=C/C. The quantitative estimate of drug-likeness (QED) is 0.132. The smallest absolute Gasteiger partial charge is 0.342 e. The molecule has 0 aromatic heterocycles. The van der Waals surface area contributed by atoms with Crippen LogP contribution in [0.1, 0.15) is 34.8 Å². The maximum absolute atomic E-state index is 13.3. The van der Waals surface area contributed by atoms with Crippen molar-refractivity contribution in [2.45, 2.75) is 32.2 Å². The molecule has 2 atom stereocenters. The zero-order valence-electron chi connectivity index (χ0n) is 21.7. The minimum absolute atomic E-state index is 0.000826. The molecule has 0 saturated heterocycles. The standard InChI is InChI=1S/C30H36O7/c1-5-7-9-11-24-12-10-13-26(31)29(24)30(32)37-28(27(14-8-6-2)36-22-33-3)19-20-35-21-23-15-17-25(34-4)18-16-23/h5-18,27-28,31H,2,19-22H2,1,3-4H3/b7-5+,11-9+,14-8-/t27-,28-/m0/s1. The van der Waals surface area contributed by atoms with Gasteiger partial charge in [0, 0.05) is 13.5 Å². The normalized spacial score (nSPS) is 13.3.